The van der Waals surface area contributed by atoms with Gasteiger partial charge in [-0.25, -0.2) is 0 Å². The molecule has 0 bridgehead atoms. The zero-order chi connectivity index (χ0) is 14.4. The van der Waals surface area contributed by atoms with E-state index >= 15 is 0 Å². The third-order valence-corrected chi connectivity index (χ3v) is 4.33. The van der Waals surface area contributed by atoms with Gasteiger partial charge >= 0.3 is 0 Å². The van der Waals surface area contributed by atoms with Crippen LogP contribution in [0.5, 0.6) is 0 Å². The monoisotopic (exact) mass is 274 g/mol. The topological polar surface area (TPSA) is 32.3 Å². The zero-order valence-corrected chi connectivity index (χ0v) is 12.6. The zero-order valence-electron chi connectivity index (χ0n) is 12.6. The number of nitrogens with one attached hydrogen (secondary N) is 1. The van der Waals surface area contributed by atoms with Crippen LogP contribution in [-0.2, 0) is 11.2 Å². The molecule has 1 aromatic rings. The van der Waals surface area contributed by atoms with E-state index in [1.807, 2.05) is 18.0 Å². The summed E-state index contributed by atoms with van der Waals surface area (Å²) < 4.78 is 0. The predicted molar refractivity (Wildman–Crippen MR) is 82.6 cm³/mol. The fourth-order valence-electron chi connectivity index (χ4n) is 3.05. The number of hydrogen-bond acceptors (Lipinski definition) is 2. The largest absolute Gasteiger partial charge is 0.342 e. The molecule has 0 radical (unpaired) electrons. The maximum atomic E-state index is 12.2. The van der Waals surface area contributed by atoms with Crippen molar-refractivity contribution >= 4 is 5.91 Å². The van der Waals surface area contributed by atoms with Crippen LogP contribution in [0.2, 0.25) is 0 Å². The fourth-order valence-corrected chi connectivity index (χ4v) is 3.05. The molecule has 2 atom stereocenters. The molecule has 1 aliphatic heterocycles. The Hall–Kier alpha value is -1.35. The smallest absolute Gasteiger partial charge is 0.222 e. The normalized spacial score (nSPS) is 22.8. The number of carbonyl (C=O) groups excluding carboxylic acids is 1. The van der Waals surface area contributed by atoms with Crippen molar-refractivity contribution in [2.75, 3.05) is 20.1 Å². The summed E-state index contributed by atoms with van der Waals surface area (Å²) in [5, 5.41) is 3.34. The average Bonchev–Trinajstić information content (AvgIpc) is 2.48. The second-order valence-electron chi connectivity index (χ2n) is 5.84. The molecule has 1 aliphatic rings. The molecule has 2 unspecified atom stereocenters. The van der Waals surface area contributed by atoms with Crippen molar-refractivity contribution in [2.45, 2.75) is 38.6 Å². The van der Waals surface area contributed by atoms with Crippen molar-refractivity contribution in [3.05, 3.63) is 35.9 Å². The van der Waals surface area contributed by atoms with Crippen molar-refractivity contribution in [3.63, 3.8) is 0 Å². The number of aryl methyl sites for hydroxylation is 1. The van der Waals surface area contributed by atoms with Gasteiger partial charge in [0.15, 0.2) is 0 Å². The van der Waals surface area contributed by atoms with Crippen LogP contribution >= 0.6 is 0 Å². The van der Waals surface area contributed by atoms with Gasteiger partial charge in [-0.15, -0.1) is 0 Å². The Morgan fingerprint density at radius 3 is 2.75 bits per heavy atom. The summed E-state index contributed by atoms with van der Waals surface area (Å²) >= 11 is 0. The van der Waals surface area contributed by atoms with E-state index in [2.05, 4.69) is 36.5 Å². The molecule has 20 heavy (non-hydrogen) atoms. The maximum Gasteiger partial charge on any atom is 0.222 e. The quantitative estimate of drug-likeness (QED) is 0.894. The fraction of sp³-hybridized carbons (Fsp3) is 0.588. The third-order valence-electron chi connectivity index (χ3n) is 4.33. The molecular weight excluding hydrogens is 248 g/mol. The Morgan fingerprint density at radius 2 is 2.10 bits per heavy atom. The van der Waals surface area contributed by atoms with Gasteiger partial charge in [-0.2, -0.15) is 0 Å². The molecule has 0 saturated carbocycles. The lowest BCUT2D eigenvalue weighted by molar-refractivity contribution is -0.133. The van der Waals surface area contributed by atoms with Crippen LogP contribution in [0.15, 0.2) is 30.3 Å². The van der Waals surface area contributed by atoms with E-state index in [0.29, 0.717) is 24.3 Å². The van der Waals surface area contributed by atoms with Gasteiger partial charge < -0.3 is 10.2 Å². The summed E-state index contributed by atoms with van der Waals surface area (Å²) in [5.74, 6) is 0.870. The van der Waals surface area contributed by atoms with Crippen LogP contribution < -0.4 is 5.32 Å². The van der Waals surface area contributed by atoms with Crippen molar-refractivity contribution in [1.29, 1.82) is 0 Å². The van der Waals surface area contributed by atoms with E-state index in [4.69, 9.17) is 0 Å². The molecule has 0 aliphatic carbocycles. The van der Waals surface area contributed by atoms with Gasteiger partial charge in [-0.3, -0.25) is 4.79 Å². The van der Waals surface area contributed by atoms with E-state index in [1.54, 1.807) is 0 Å². The molecule has 1 amide bonds. The van der Waals surface area contributed by atoms with Gasteiger partial charge in [0.05, 0.1) is 0 Å². The molecule has 1 heterocycles. The molecule has 3 heteroatoms. The molecular formula is C17H26N2O. The second kappa shape index (κ2) is 7.44. The summed E-state index contributed by atoms with van der Waals surface area (Å²) in [6.45, 7) is 4.03. The summed E-state index contributed by atoms with van der Waals surface area (Å²) in [4.78, 5) is 14.3. The van der Waals surface area contributed by atoms with Gasteiger partial charge in [-0.1, -0.05) is 37.3 Å². The van der Waals surface area contributed by atoms with E-state index in [9.17, 15) is 4.79 Å². The van der Waals surface area contributed by atoms with Crippen molar-refractivity contribution in [1.82, 2.24) is 10.2 Å². The number of likely N-dealkylation sites (tertiary alicyclic amines) is 1. The van der Waals surface area contributed by atoms with E-state index in [-0.39, 0.29) is 0 Å². The number of amides is 1. The van der Waals surface area contributed by atoms with Crippen molar-refractivity contribution in [3.8, 4) is 0 Å². The molecule has 3 nitrogen and oxygen atoms in total. The van der Waals surface area contributed by atoms with Gasteiger partial charge in [0.1, 0.15) is 0 Å². The minimum atomic E-state index is 0.322. The molecule has 2 rings (SSSR count). The maximum absolute atomic E-state index is 12.2. The Morgan fingerprint density at radius 1 is 1.35 bits per heavy atom. The number of hydrogen-bond donors (Lipinski definition) is 1. The molecule has 0 aromatic heterocycles. The van der Waals surface area contributed by atoms with Crippen LogP contribution in [0.4, 0.5) is 0 Å². The van der Waals surface area contributed by atoms with Crippen LogP contribution in [0.1, 0.15) is 31.7 Å². The average molecular weight is 274 g/mol. The number of rotatable bonds is 5. The second-order valence-corrected chi connectivity index (χ2v) is 5.84. The highest BCUT2D eigenvalue weighted by Crippen LogP contribution is 2.18. The van der Waals surface area contributed by atoms with Gasteiger partial charge in [0, 0.05) is 25.6 Å². The van der Waals surface area contributed by atoms with E-state index in [1.165, 1.54) is 5.56 Å². The van der Waals surface area contributed by atoms with E-state index < -0.39 is 0 Å². The lowest BCUT2D eigenvalue weighted by atomic mass is 9.93. The van der Waals surface area contributed by atoms with Crippen LogP contribution in [0, 0.1) is 5.92 Å². The lowest BCUT2D eigenvalue weighted by Crippen LogP contribution is -2.49. The van der Waals surface area contributed by atoms with Crippen LogP contribution in [0.3, 0.4) is 0 Å². The van der Waals surface area contributed by atoms with Crippen molar-refractivity contribution < 1.29 is 4.79 Å². The highest BCUT2D eigenvalue weighted by atomic mass is 16.2. The molecule has 1 saturated heterocycles. The molecule has 1 fully saturated rings. The SMILES string of the molecule is CNC1CCN(C(=O)CCCc2ccccc2)CC1C. The first kappa shape index (κ1) is 15.0. The molecule has 1 aromatic carbocycles. The first-order valence-electron chi connectivity index (χ1n) is 7.69. The summed E-state index contributed by atoms with van der Waals surface area (Å²) in [6.07, 6.45) is 3.69. The predicted octanol–water partition coefficient (Wildman–Crippen LogP) is 2.47. The number of nitrogens with zero attached hydrogens (tertiary/aromatic N) is 1. The minimum absolute atomic E-state index is 0.322. The molecule has 0 spiro atoms. The van der Waals surface area contributed by atoms with Crippen molar-refractivity contribution in [2.24, 2.45) is 5.92 Å². The number of piperidine rings is 1. The van der Waals surface area contributed by atoms with Gasteiger partial charge in [0.2, 0.25) is 5.91 Å². The highest BCUT2D eigenvalue weighted by Gasteiger charge is 2.27. The van der Waals surface area contributed by atoms with E-state index in [0.717, 1.165) is 32.4 Å². The summed E-state index contributed by atoms with van der Waals surface area (Å²) in [7, 11) is 2.01. The molecule has 110 valence electrons. The molecule has 1 N–H and O–H groups in total. The first-order valence-corrected chi connectivity index (χ1v) is 7.69. The Bertz CT molecular complexity index is 418. The third kappa shape index (κ3) is 4.07. The van der Waals surface area contributed by atoms with Gasteiger partial charge in [0.25, 0.3) is 0 Å². The van der Waals surface area contributed by atoms with Crippen LogP contribution in [-0.4, -0.2) is 37.0 Å². The first-order chi connectivity index (χ1) is 9.70. The number of carbonyl (C=O) groups is 1. The lowest BCUT2D eigenvalue weighted by Gasteiger charge is -2.36. The summed E-state index contributed by atoms with van der Waals surface area (Å²) in [6, 6.07) is 11.0. The Balaban J connectivity index is 1.73. The van der Waals surface area contributed by atoms with Gasteiger partial charge in [-0.05, 0) is 37.8 Å². The number of benzene rings is 1. The standard InChI is InChI=1S/C17H26N2O/c1-14-13-19(12-11-16(14)18-2)17(20)10-6-9-15-7-4-3-5-8-15/h3-5,7-8,14,16,18H,6,9-13H2,1-2H3. The Labute approximate surface area is 122 Å². The van der Waals surface area contributed by atoms with Crippen LogP contribution in [0.25, 0.3) is 0 Å². The summed E-state index contributed by atoms with van der Waals surface area (Å²) in [5.41, 5.74) is 1.32. The minimum Gasteiger partial charge on any atom is -0.342 e. The Kier molecular flexibility index (Phi) is 5.60. The highest BCUT2D eigenvalue weighted by molar-refractivity contribution is 5.76.